The summed E-state index contributed by atoms with van der Waals surface area (Å²) in [5.41, 5.74) is 24.4. The molecule has 0 fully saturated rings. The van der Waals surface area contributed by atoms with Crippen LogP contribution in [0.5, 0.6) is 0 Å². The molecular formula is C90H72N2. The maximum Gasteiger partial charge on any atom is 0.0543 e. The van der Waals surface area contributed by atoms with Crippen LogP contribution in [0, 0.1) is 10.8 Å². The molecule has 2 aliphatic rings. The Labute approximate surface area is 542 Å². The summed E-state index contributed by atoms with van der Waals surface area (Å²) in [4.78, 5) is 5.08. The topological polar surface area (TPSA) is 6.48 Å². The van der Waals surface area contributed by atoms with Crippen molar-refractivity contribution in [3.8, 4) is 66.8 Å². The van der Waals surface area contributed by atoms with E-state index < -0.39 is 21.7 Å². The third-order valence-corrected chi connectivity index (χ3v) is 20.3. The Morgan fingerprint density at radius 3 is 0.717 bits per heavy atom. The van der Waals surface area contributed by atoms with Gasteiger partial charge in [-0.25, -0.2) is 0 Å². The highest BCUT2D eigenvalue weighted by Gasteiger charge is 2.71. The standard InChI is InChI=1S/C90H72N2/c1-87(2,3)89(79-41-25-23-39-77(79)85-75-37-21-19-35-73(75)83(59-81(85)89)91(69-51-43-65(44-52-69)61-27-11-7-12-28-61)70-53-45-66(46-54-70)62-29-13-8-14-30-62)90(88(4,5)6)80-42-26-24-40-78(80)86-76-38-22-20-36-74(76)84(60-82(86)90)92(71-55-47-67(48-56-71)63-31-15-9-16-32-63)72-57-49-68(50-58-72)64-33-17-10-18-34-64/h7-60H,1-6H3. The molecule has 0 saturated carbocycles. The van der Waals surface area contributed by atoms with E-state index in [0.29, 0.717) is 0 Å². The van der Waals surface area contributed by atoms with Gasteiger partial charge in [0.25, 0.3) is 0 Å². The van der Waals surface area contributed by atoms with Crippen molar-refractivity contribution in [3.63, 3.8) is 0 Å². The second-order valence-electron chi connectivity index (χ2n) is 27.1. The molecule has 2 unspecified atom stereocenters. The van der Waals surface area contributed by atoms with E-state index in [-0.39, 0.29) is 0 Å². The molecule has 16 rings (SSSR count). The van der Waals surface area contributed by atoms with Gasteiger partial charge in [-0.05, 0) is 171 Å². The minimum absolute atomic E-state index is 0.443. The lowest BCUT2D eigenvalue weighted by Gasteiger charge is -2.62. The van der Waals surface area contributed by atoms with Crippen molar-refractivity contribution in [1.29, 1.82) is 0 Å². The Kier molecular flexibility index (Phi) is 13.5. The minimum atomic E-state index is -0.733. The summed E-state index contributed by atoms with van der Waals surface area (Å²) >= 11 is 0. The summed E-state index contributed by atoms with van der Waals surface area (Å²) in [6.45, 7) is 15.3. The van der Waals surface area contributed by atoms with E-state index in [9.17, 15) is 0 Å². The van der Waals surface area contributed by atoms with Crippen LogP contribution in [-0.2, 0) is 10.8 Å². The van der Waals surface area contributed by atoms with E-state index in [1.807, 2.05) is 0 Å². The van der Waals surface area contributed by atoms with Gasteiger partial charge in [-0.15, -0.1) is 0 Å². The Bertz CT molecular complexity index is 4570. The Morgan fingerprint density at radius 2 is 0.446 bits per heavy atom. The van der Waals surface area contributed by atoms with E-state index in [2.05, 4.69) is 379 Å². The molecule has 2 heteroatoms. The monoisotopic (exact) mass is 1180 g/mol. The third-order valence-electron chi connectivity index (χ3n) is 20.3. The van der Waals surface area contributed by atoms with Gasteiger partial charge in [0, 0.05) is 44.4 Å². The van der Waals surface area contributed by atoms with E-state index in [1.54, 1.807) is 0 Å². The lowest BCUT2D eigenvalue weighted by atomic mass is 9.39. The number of anilines is 6. The third kappa shape index (κ3) is 8.68. The summed E-state index contributed by atoms with van der Waals surface area (Å²) < 4.78 is 0. The molecule has 2 aliphatic carbocycles. The molecule has 0 bridgehead atoms. The minimum Gasteiger partial charge on any atom is -0.310 e. The SMILES string of the molecule is CC(C)(C)C1(C2(C(C)(C)C)c3ccccc3-c3c2cc(N(c2ccc(-c4ccccc4)cc2)c2ccc(-c4ccccc4)cc2)c2ccccc32)c2ccccc2-c2c1cc(N(c1ccc(-c3ccccc3)cc1)c1ccc(-c3ccccc3)cc1)c1ccccc21. The van der Waals surface area contributed by atoms with Crippen molar-refractivity contribution in [2.24, 2.45) is 10.8 Å². The number of rotatable bonds is 11. The van der Waals surface area contributed by atoms with Crippen molar-refractivity contribution in [2.45, 2.75) is 52.4 Å². The lowest BCUT2D eigenvalue weighted by Crippen LogP contribution is -2.62. The van der Waals surface area contributed by atoms with Gasteiger partial charge in [0.2, 0.25) is 0 Å². The highest BCUT2D eigenvalue weighted by Crippen LogP contribution is 2.76. The van der Waals surface area contributed by atoms with Gasteiger partial charge in [0.15, 0.2) is 0 Å². The van der Waals surface area contributed by atoms with Crippen LogP contribution in [0.2, 0.25) is 0 Å². The predicted octanol–water partition coefficient (Wildman–Crippen LogP) is 24.9. The quantitative estimate of drug-likeness (QED) is 0.127. The largest absolute Gasteiger partial charge is 0.310 e. The summed E-state index contributed by atoms with van der Waals surface area (Å²) in [6, 6.07) is 123. The fourth-order valence-corrected chi connectivity index (χ4v) is 16.7. The average molecular weight is 1180 g/mol. The number of benzene rings is 14. The van der Waals surface area contributed by atoms with E-state index in [0.717, 1.165) is 34.1 Å². The van der Waals surface area contributed by atoms with Gasteiger partial charge >= 0.3 is 0 Å². The Morgan fingerprint density at radius 1 is 0.217 bits per heavy atom. The molecule has 0 aliphatic heterocycles. The van der Waals surface area contributed by atoms with Crippen LogP contribution in [0.3, 0.4) is 0 Å². The van der Waals surface area contributed by atoms with E-state index in [4.69, 9.17) is 0 Å². The zero-order valence-electron chi connectivity index (χ0n) is 53.1. The van der Waals surface area contributed by atoms with Gasteiger partial charge in [-0.3, -0.25) is 0 Å². The fourth-order valence-electron chi connectivity index (χ4n) is 16.7. The maximum absolute atomic E-state index is 2.66. The zero-order chi connectivity index (χ0) is 62.3. The van der Waals surface area contributed by atoms with Gasteiger partial charge in [0.05, 0.1) is 11.4 Å². The first-order chi connectivity index (χ1) is 44.9. The van der Waals surface area contributed by atoms with Crippen LogP contribution in [0.25, 0.3) is 88.3 Å². The van der Waals surface area contributed by atoms with Crippen LogP contribution >= 0.6 is 0 Å². The molecule has 0 amide bonds. The van der Waals surface area contributed by atoms with Crippen molar-refractivity contribution in [2.75, 3.05) is 9.80 Å². The van der Waals surface area contributed by atoms with Gasteiger partial charge in [-0.1, -0.05) is 308 Å². The molecule has 14 aromatic carbocycles. The van der Waals surface area contributed by atoms with Crippen LogP contribution in [0.1, 0.15) is 63.8 Å². The number of hydrogen-bond acceptors (Lipinski definition) is 2. The summed E-state index contributed by atoms with van der Waals surface area (Å²) in [5.74, 6) is 0. The number of fused-ring (bicyclic) bond motifs is 10. The lowest BCUT2D eigenvalue weighted by molar-refractivity contribution is 0.0595. The first-order valence-electron chi connectivity index (χ1n) is 32.5. The van der Waals surface area contributed by atoms with E-state index >= 15 is 0 Å². The first-order valence-corrected chi connectivity index (χ1v) is 32.5. The van der Waals surface area contributed by atoms with E-state index in [1.165, 1.54) is 111 Å². The smallest absolute Gasteiger partial charge is 0.0543 e. The molecule has 442 valence electrons. The van der Waals surface area contributed by atoms with Gasteiger partial charge in [-0.2, -0.15) is 0 Å². The molecule has 0 saturated heterocycles. The fraction of sp³-hybridized carbons (Fsp3) is 0.111. The molecule has 0 radical (unpaired) electrons. The number of nitrogens with zero attached hydrogens (tertiary/aromatic N) is 2. The highest BCUT2D eigenvalue weighted by molar-refractivity contribution is 6.14. The molecular weight excluding hydrogens is 1110 g/mol. The van der Waals surface area contributed by atoms with Crippen molar-refractivity contribution < 1.29 is 0 Å². The molecule has 0 aromatic heterocycles. The van der Waals surface area contributed by atoms with Crippen LogP contribution < -0.4 is 9.80 Å². The zero-order valence-corrected chi connectivity index (χ0v) is 53.1. The molecule has 0 N–H and O–H groups in total. The van der Waals surface area contributed by atoms with Crippen molar-refractivity contribution in [3.05, 3.63) is 350 Å². The van der Waals surface area contributed by atoms with Crippen LogP contribution in [-0.4, -0.2) is 0 Å². The van der Waals surface area contributed by atoms with Gasteiger partial charge < -0.3 is 9.80 Å². The molecule has 0 spiro atoms. The molecule has 14 aromatic rings. The van der Waals surface area contributed by atoms with Crippen molar-refractivity contribution in [1.82, 2.24) is 0 Å². The molecule has 0 heterocycles. The van der Waals surface area contributed by atoms with Crippen molar-refractivity contribution >= 4 is 55.7 Å². The maximum atomic E-state index is 2.66. The Hall–Kier alpha value is -10.8. The highest BCUT2D eigenvalue weighted by atomic mass is 15.2. The number of hydrogen-bond donors (Lipinski definition) is 0. The molecule has 92 heavy (non-hydrogen) atoms. The normalized spacial score (nSPS) is 15.6. The second-order valence-corrected chi connectivity index (χ2v) is 27.1. The van der Waals surface area contributed by atoms with Gasteiger partial charge in [0.1, 0.15) is 0 Å². The average Bonchev–Trinajstić information content (AvgIpc) is 1.45. The summed E-state index contributed by atoms with van der Waals surface area (Å²) in [5, 5.41) is 4.87. The first kappa shape index (κ1) is 56.4. The summed E-state index contributed by atoms with van der Waals surface area (Å²) in [6.07, 6.45) is 0. The molecule has 2 atom stereocenters. The summed E-state index contributed by atoms with van der Waals surface area (Å²) in [7, 11) is 0. The predicted molar refractivity (Wildman–Crippen MR) is 390 cm³/mol. The molecule has 2 nitrogen and oxygen atoms in total. The Balaban J connectivity index is 1.01. The van der Waals surface area contributed by atoms with Crippen LogP contribution in [0.15, 0.2) is 328 Å². The van der Waals surface area contributed by atoms with Crippen LogP contribution in [0.4, 0.5) is 34.1 Å². The second kappa shape index (κ2) is 22.0.